The van der Waals surface area contributed by atoms with E-state index in [1.54, 1.807) is 19.0 Å². The fourth-order valence-corrected chi connectivity index (χ4v) is 4.14. The fraction of sp³-hybridized carbons (Fsp3) is 0.462. The molecule has 1 aromatic heterocycles. The largest absolute Gasteiger partial charge is 0.489 e. The first-order valence-electron chi connectivity index (χ1n) is 12.1. The van der Waals surface area contributed by atoms with E-state index < -0.39 is 0 Å². The molecule has 3 rings (SSSR count). The van der Waals surface area contributed by atoms with Crippen LogP contribution in [-0.2, 0) is 13.0 Å². The van der Waals surface area contributed by atoms with E-state index in [1.165, 1.54) is 24.3 Å². The number of nitrogens with zero attached hydrogens (tertiary/aromatic N) is 3. The minimum absolute atomic E-state index is 0.181. The SMILES string of the molecule is CCc1nc(/C(N)=C(\CNC(=O)N(C)Cc2ccccc2)N(C)N)ccc1OC1CCCCC1. The molecule has 1 aliphatic rings. The third-order valence-corrected chi connectivity index (χ3v) is 6.14. The van der Waals surface area contributed by atoms with Crippen molar-refractivity contribution in [2.24, 2.45) is 11.6 Å². The predicted octanol–water partition coefficient (Wildman–Crippen LogP) is 3.63. The van der Waals surface area contributed by atoms with Crippen LogP contribution in [0.4, 0.5) is 4.79 Å². The Morgan fingerprint density at radius 2 is 1.82 bits per heavy atom. The summed E-state index contributed by atoms with van der Waals surface area (Å²) in [6.07, 6.45) is 6.89. The Morgan fingerprint density at radius 1 is 1.12 bits per heavy atom. The second-order valence-corrected chi connectivity index (χ2v) is 8.84. The summed E-state index contributed by atoms with van der Waals surface area (Å²) in [6.45, 7) is 2.74. The summed E-state index contributed by atoms with van der Waals surface area (Å²) < 4.78 is 6.26. The lowest BCUT2D eigenvalue weighted by Gasteiger charge is -2.25. The molecule has 0 radical (unpaired) electrons. The Balaban J connectivity index is 1.70. The van der Waals surface area contributed by atoms with Crippen LogP contribution in [0, 0.1) is 0 Å². The van der Waals surface area contributed by atoms with Crippen LogP contribution in [0.5, 0.6) is 5.75 Å². The maximum Gasteiger partial charge on any atom is 0.317 e. The Hall–Kier alpha value is -3.26. The maximum absolute atomic E-state index is 12.6. The molecular formula is C26H38N6O2. The first kappa shape index (κ1) is 25.4. The van der Waals surface area contributed by atoms with Crippen molar-refractivity contribution in [3.63, 3.8) is 0 Å². The summed E-state index contributed by atoms with van der Waals surface area (Å²) >= 11 is 0. The molecular weight excluding hydrogens is 428 g/mol. The lowest BCUT2D eigenvalue weighted by molar-refractivity contribution is 0.153. The number of nitrogens with one attached hydrogen (secondary N) is 1. The number of urea groups is 1. The molecule has 184 valence electrons. The van der Waals surface area contributed by atoms with Crippen molar-refractivity contribution in [2.45, 2.75) is 58.1 Å². The van der Waals surface area contributed by atoms with E-state index in [-0.39, 0.29) is 18.7 Å². The fourth-order valence-electron chi connectivity index (χ4n) is 4.14. The van der Waals surface area contributed by atoms with Crippen molar-refractivity contribution in [3.8, 4) is 5.75 Å². The van der Waals surface area contributed by atoms with Crippen LogP contribution in [0.15, 0.2) is 48.2 Å². The second-order valence-electron chi connectivity index (χ2n) is 8.84. The van der Waals surface area contributed by atoms with E-state index in [9.17, 15) is 4.79 Å². The smallest absolute Gasteiger partial charge is 0.317 e. The van der Waals surface area contributed by atoms with Crippen molar-refractivity contribution >= 4 is 11.7 Å². The van der Waals surface area contributed by atoms with Crippen molar-refractivity contribution in [1.82, 2.24) is 20.2 Å². The summed E-state index contributed by atoms with van der Waals surface area (Å²) in [5.41, 5.74) is 10.0. The van der Waals surface area contributed by atoms with E-state index in [0.29, 0.717) is 23.6 Å². The number of hydrogen-bond acceptors (Lipinski definition) is 6. The summed E-state index contributed by atoms with van der Waals surface area (Å²) in [5.74, 6) is 6.89. The molecule has 1 aromatic carbocycles. The number of carbonyl (C=O) groups excluding carboxylic acids is 1. The number of amides is 2. The zero-order valence-corrected chi connectivity index (χ0v) is 20.6. The van der Waals surface area contributed by atoms with Gasteiger partial charge < -0.3 is 25.7 Å². The monoisotopic (exact) mass is 466 g/mol. The van der Waals surface area contributed by atoms with Crippen LogP contribution in [-0.4, -0.2) is 47.7 Å². The van der Waals surface area contributed by atoms with Gasteiger partial charge in [0.15, 0.2) is 0 Å². The van der Waals surface area contributed by atoms with Crippen molar-refractivity contribution < 1.29 is 9.53 Å². The van der Waals surface area contributed by atoms with Gasteiger partial charge in [0.05, 0.1) is 35.4 Å². The van der Waals surface area contributed by atoms with Gasteiger partial charge in [-0.1, -0.05) is 43.7 Å². The lowest BCUT2D eigenvalue weighted by Crippen LogP contribution is -2.41. The molecule has 2 aromatic rings. The molecule has 2 amide bonds. The van der Waals surface area contributed by atoms with Crippen molar-refractivity contribution in [1.29, 1.82) is 0 Å². The number of nitrogens with two attached hydrogens (primary N) is 2. The number of hydrazine groups is 1. The highest BCUT2D eigenvalue weighted by Gasteiger charge is 2.19. The molecule has 34 heavy (non-hydrogen) atoms. The molecule has 0 spiro atoms. The Bertz CT molecular complexity index is 971. The van der Waals surface area contributed by atoms with E-state index in [1.807, 2.05) is 42.5 Å². The maximum atomic E-state index is 12.6. The number of hydrogen-bond donors (Lipinski definition) is 3. The molecule has 0 bridgehead atoms. The van der Waals surface area contributed by atoms with E-state index >= 15 is 0 Å². The number of likely N-dealkylation sites (N-methyl/N-ethyl adjacent to an activating group) is 1. The number of benzene rings is 1. The topological polar surface area (TPSA) is 110 Å². The summed E-state index contributed by atoms with van der Waals surface area (Å²) in [7, 11) is 3.45. The first-order chi connectivity index (χ1) is 16.4. The second kappa shape index (κ2) is 12.3. The molecule has 1 fully saturated rings. The number of rotatable bonds is 9. The highest BCUT2D eigenvalue weighted by atomic mass is 16.5. The van der Waals surface area contributed by atoms with Crippen LogP contribution < -0.4 is 21.6 Å². The summed E-state index contributed by atoms with van der Waals surface area (Å²) in [6, 6.07) is 13.4. The van der Waals surface area contributed by atoms with Gasteiger partial charge in [-0.15, -0.1) is 0 Å². The molecule has 1 aliphatic carbocycles. The molecule has 8 heteroatoms. The zero-order valence-electron chi connectivity index (χ0n) is 20.6. The predicted molar refractivity (Wildman–Crippen MR) is 135 cm³/mol. The van der Waals surface area contributed by atoms with Gasteiger partial charge in [0.1, 0.15) is 5.75 Å². The molecule has 1 heterocycles. The van der Waals surface area contributed by atoms with E-state index in [4.69, 9.17) is 21.3 Å². The minimum atomic E-state index is -0.213. The van der Waals surface area contributed by atoms with Crippen LogP contribution in [0.1, 0.15) is 56.0 Å². The van der Waals surface area contributed by atoms with E-state index in [2.05, 4.69) is 12.2 Å². The van der Waals surface area contributed by atoms with Gasteiger partial charge in [-0.25, -0.2) is 15.6 Å². The number of pyridine rings is 1. The van der Waals surface area contributed by atoms with Crippen LogP contribution in [0.3, 0.4) is 0 Å². The molecule has 0 unspecified atom stereocenters. The number of carbonyl (C=O) groups is 1. The van der Waals surface area contributed by atoms with Gasteiger partial charge in [0, 0.05) is 20.6 Å². The van der Waals surface area contributed by atoms with Crippen molar-refractivity contribution in [3.05, 3.63) is 65.1 Å². The molecule has 1 saturated carbocycles. The van der Waals surface area contributed by atoms with Crippen LogP contribution in [0.2, 0.25) is 0 Å². The first-order valence-corrected chi connectivity index (χ1v) is 12.1. The Labute approximate surface area is 202 Å². The molecule has 8 nitrogen and oxygen atoms in total. The number of ether oxygens (including phenoxy) is 1. The van der Waals surface area contributed by atoms with Crippen LogP contribution >= 0.6 is 0 Å². The average Bonchev–Trinajstić information content (AvgIpc) is 2.85. The van der Waals surface area contributed by atoms with Gasteiger partial charge in [-0.05, 0) is 49.8 Å². The van der Waals surface area contributed by atoms with Gasteiger partial charge in [0.2, 0.25) is 0 Å². The highest BCUT2D eigenvalue weighted by molar-refractivity contribution is 5.75. The van der Waals surface area contributed by atoms with Gasteiger partial charge in [-0.2, -0.15) is 0 Å². The van der Waals surface area contributed by atoms with E-state index in [0.717, 1.165) is 36.3 Å². The number of aryl methyl sites for hydroxylation is 1. The minimum Gasteiger partial charge on any atom is -0.489 e. The molecule has 0 atom stereocenters. The zero-order chi connectivity index (χ0) is 24.5. The Morgan fingerprint density at radius 3 is 2.47 bits per heavy atom. The van der Waals surface area contributed by atoms with Gasteiger partial charge in [0.25, 0.3) is 0 Å². The summed E-state index contributed by atoms with van der Waals surface area (Å²) in [5, 5.41) is 4.33. The lowest BCUT2D eigenvalue weighted by atomic mass is 9.98. The van der Waals surface area contributed by atoms with Gasteiger partial charge in [-0.3, -0.25) is 0 Å². The average molecular weight is 467 g/mol. The third-order valence-electron chi connectivity index (χ3n) is 6.14. The summed E-state index contributed by atoms with van der Waals surface area (Å²) in [4.78, 5) is 19.0. The molecule has 0 aliphatic heterocycles. The highest BCUT2D eigenvalue weighted by Crippen LogP contribution is 2.27. The molecule has 0 saturated heterocycles. The number of aromatic nitrogens is 1. The van der Waals surface area contributed by atoms with Crippen LogP contribution in [0.25, 0.3) is 5.70 Å². The Kier molecular flexibility index (Phi) is 9.16. The quantitative estimate of drug-likeness (QED) is 0.385. The third kappa shape index (κ3) is 6.87. The normalized spacial score (nSPS) is 14.8. The van der Waals surface area contributed by atoms with Crippen molar-refractivity contribution in [2.75, 3.05) is 20.6 Å². The van der Waals surface area contributed by atoms with Gasteiger partial charge >= 0.3 is 6.03 Å². The molecule has 5 N–H and O–H groups in total. The standard InChI is InChI=1S/C26H38N6O2/c1-4-21-24(34-20-13-9-6-10-14-20)16-15-22(30-21)25(27)23(32(3)28)17-29-26(33)31(2)18-19-11-7-5-8-12-19/h5,7-8,11-12,15-16,20H,4,6,9-10,13-14,17-18,27-28H2,1-3H3,(H,29,33)/b25-23-.